The van der Waals surface area contributed by atoms with Gasteiger partial charge < -0.3 is 35.9 Å². The van der Waals surface area contributed by atoms with E-state index in [-0.39, 0.29) is 24.0 Å². The molecule has 0 bridgehead atoms. The monoisotopic (exact) mass is 388 g/mol. The lowest BCUT2D eigenvalue weighted by molar-refractivity contribution is -0.121. The second-order valence-electron chi connectivity index (χ2n) is 6.59. The number of hydrogen-bond acceptors (Lipinski definition) is 6. The Hall–Kier alpha value is -1.42. The van der Waals surface area contributed by atoms with Crippen LogP contribution >= 0.6 is 0 Å². The fourth-order valence-corrected chi connectivity index (χ4v) is 2.77. The van der Waals surface area contributed by atoms with E-state index in [0.29, 0.717) is 59.2 Å². The molecule has 2 atom stereocenters. The summed E-state index contributed by atoms with van der Waals surface area (Å²) >= 11 is 0. The van der Waals surface area contributed by atoms with Crippen LogP contribution in [0.2, 0.25) is 0 Å². The summed E-state index contributed by atoms with van der Waals surface area (Å²) < 4.78 is 15.9. The van der Waals surface area contributed by atoms with Crippen molar-refractivity contribution in [3.8, 4) is 0 Å². The van der Waals surface area contributed by atoms with Gasteiger partial charge in [0.15, 0.2) is 0 Å². The van der Waals surface area contributed by atoms with E-state index in [2.05, 4.69) is 16.0 Å². The molecule has 0 saturated carbocycles. The Labute approximate surface area is 162 Å². The van der Waals surface area contributed by atoms with Crippen LogP contribution in [0.5, 0.6) is 0 Å². The van der Waals surface area contributed by atoms with Crippen molar-refractivity contribution in [1.82, 2.24) is 16.0 Å². The third-order valence-corrected chi connectivity index (χ3v) is 4.27. The first kappa shape index (κ1) is 23.6. The number of nitrogens with two attached hydrogens (primary N) is 1. The predicted molar refractivity (Wildman–Crippen MR) is 103 cm³/mol. The maximum absolute atomic E-state index is 11.7. The molecular weight excluding hydrogens is 352 g/mol. The van der Waals surface area contributed by atoms with Crippen LogP contribution in [0.25, 0.3) is 0 Å². The first-order valence-corrected chi connectivity index (χ1v) is 9.90. The van der Waals surface area contributed by atoms with E-state index in [9.17, 15) is 9.59 Å². The normalized spacial score (nSPS) is 19.0. The van der Waals surface area contributed by atoms with Crippen LogP contribution in [-0.2, 0) is 19.0 Å². The topological polar surface area (TPSA) is 124 Å². The first-order valence-electron chi connectivity index (χ1n) is 9.90. The van der Waals surface area contributed by atoms with Crippen LogP contribution in [-0.4, -0.2) is 76.8 Å². The lowest BCUT2D eigenvalue weighted by atomic mass is 10.0. The van der Waals surface area contributed by atoms with Crippen molar-refractivity contribution in [3.63, 3.8) is 0 Å². The van der Waals surface area contributed by atoms with Crippen LogP contribution in [0.1, 0.15) is 39.0 Å². The maximum atomic E-state index is 11.7. The minimum absolute atomic E-state index is 0.0520. The molecular formula is C18H36N4O5. The van der Waals surface area contributed by atoms with Crippen molar-refractivity contribution in [2.24, 2.45) is 5.73 Å². The van der Waals surface area contributed by atoms with Gasteiger partial charge in [0.05, 0.1) is 45.7 Å². The Bertz CT molecular complexity index is 411. The highest BCUT2D eigenvalue weighted by Gasteiger charge is 2.26. The van der Waals surface area contributed by atoms with Crippen LogP contribution in [0, 0.1) is 0 Å². The molecule has 0 aliphatic carbocycles. The summed E-state index contributed by atoms with van der Waals surface area (Å²) in [6.45, 7) is 6.14. The number of urea groups is 1. The molecule has 5 N–H and O–H groups in total. The van der Waals surface area contributed by atoms with Gasteiger partial charge in [-0.2, -0.15) is 0 Å². The molecule has 1 aliphatic heterocycles. The van der Waals surface area contributed by atoms with E-state index in [4.69, 9.17) is 19.9 Å². The highest BCUT2D eigenvalue weighted by Crippen LogP contribution is 2.11. The highest BCUT2D eigenvalue weighted by molar-refractivity contribution is 5.77. The first-order chi connectivity index (χ1) is 13.1. The number of rotatable bonds is 17. The Kier molecular flexibility index (Phi) is 13.7. The maximum Gasteiger partial charge on any atom is 0.315 e. The zero-order valence-corrected chi connectivity index (χ0v) is 16.5. The van der Waals surface area contributed by atoms with E-state index in [1.165, 1.54) is 0 Å². The highest BCUT2D eigenvalue weighted by atomic mass is 16.5. The van der Waals surface area contributed by atoms with Crippen molar-refractivity contribution in [2.45, 2.75) is 51.1 Å². The fourth-order valence-electron chi connectivity index (χ4n) is 2.77. The lowest BCUT2D eigenvalue weighted by Gasteiger charge is -2.13. The number of carbonyl (C=O) groups is 2. The summed E-state index contributed by atoms with van der Waals surface area (Å²) in [5, 5.41) is 8.59. The van der Waals surface area contributed by atoms with E-state index in [1.807, 2.05) is 6.92 Å². The SMILES string of the molecule is C[C@H]1NC(=O)N[C@H]1CCCCCC(=O)NCCOCCOCCOCCN. The van der Waals surface area contributed by atoms with Crippen molar-refractivity contribution in [1.29, 1.82) is 0 Å². The summed E-state index contributed by atoms with van der Waals surface area (Å²) in [7, 11) is 0. The lowest BCUT2D eigenvalue weighted by Crippen LogP contribution is -2.30. The third kappa shape index (κ3) is 12.6. The van der Waals surface area contributed by atoms with E-state index >= 15 is 0 Å². The molecule has 0 spiro atoms. The predicted octanol–water partition coefficient (Wildman–Crippen LogP) is 0.132. The molecule has 27 heavy (non-hydrogen) atoms. The summed E-state index contributed by atoms with van der Waals surface area (Å²) in [6, 6.07) is 0.291. The largest absolute Gasteiger partial charge is 0.378 e. The van der Waals surface area contributed by atoms with Gasteiger partial charge in [0.1, 0.15) is 0 Å². The minimum Gasteiger partial charge on any atom is -0.378 e. The number of nitrogens with one attached hydrogen (secondary N) is 3. The molecule has 9 nitrogen and oxygen atoms in total. The van der Waals surface area contributed by atoms with E-state index in [1.54, 1.807) is 0 Å². The summed E-state index contributed by atoms with van der Waals surface area (Å²) in [5.41, 5.74) is 5.30. The van der Waals surface area contributed by atoms with Gasteiger partial charge >= 0.3 is 6.03 Å². The van der Waals surface area contributed by atoms with Crippen LogP contribution in [0.4, 0.5) is 4.79 Å². The van der Waals surface area contributed by atoms with Crippen LogP contribution in [0.3, 0.4) is 0 Å². The molecule has 0 unspecified atom stereocenters. The zero-order chi connectivity index (χ0) is 19.7. The van der Waals surface area contributed by atoms with E-state index < -0.39 is 0 Å². The molecule has 1 aliphatic rings. The van der Waals surface area contributed by atoms with Gasteiger partial charge in [-0.1, -0.05) is 12.8 Å². The van der Waals surface area contributed by atoms with Crippen molar-refractivity contribution >= 4 is 11.9 Å². The van der Waals surface area contributed by atoms with Gasteiger partial charge in [-0.15, -0.1) is 0 Å². The van der Waals surface area contributed by atoms with Crippen molar-refractivity contribution in [2.75, 3.05) is 52.7 Å². The van der Waals surface area contributed by atoms with Crippen LogP contribution in [0.15, 0.2) is 0 Å². The number of hydrogen-bond donors (Lipinski definition) is 4. The molecule has 1 saturated heterocycles. The summed E-state index contributed by atoms with van der Waals surface area (Å²) in [5.74, 6) is 0.0520. The van der Waals surface area contributed by atoms with Gasteiger partial charge in [-0.25, -0.2) is 4.79 Å². The van der Waals surface area contributed by atoms with Gasteiger partial charge in [-0.05, 0) is 19.8 Å². The average molecular weight is 389 g/mol. The number of carbonyl (C=O) groups excluding carboxylic acids is 2. The number of ether oxygens (including phenoxy) is 3. The van der Waals surface area contributed by atoms with Crippen molar-refractivity contribution in [3.05, 3.63) is 0 Å². The molecule has 0 radical (unpaired) electrons. The van der Waals surface area contributed by atoms with E-state index in [0.717, 1.165) is 25.7 Å². The minimum atomic E-state index is -0.0859. The molecule has 1 heterocycles. The van der Waals surface area contributed by atoms with Gasteiger partial charge in [0.2, 0.25) is 5.91 Å². The molecule has 0 aromatic rings. The molecule has 0 aromatic heterocycles. The summed E-state index contributed by atoms with van der Waals surface area (Å²) in [4.78, 5) is 22.9. The molecule has 1 fully saturated rings. The number of unbranched alkanes of at least 4 members (excludes halogenated alkanes) is 2. The van der Waals surface area contributed by atoms with Crippen LogP contribution < -0.4 is 21.7 Å². The Morgan fingerprint density at radius 2 is 1.67 bits per heavy atom. The van der Waals surface area contributed by atoms with Gasteiger partial charge in [-0.3, -0.25) is 4.79 Å². The molecule has 0 aromatic carbocycles. The van der Waals surface area contributed by atoms with Gasteiger partial charge in [0, 0.05) is 25.6 Å². The molecule has 3 amide bonds. The quantitative estimate of drug-likeness (QED) is 0.263. The molecule has 1 rings (SSSR count). The Morgan fingerprint density at radius 1 is 1.00 bits per heavy atom. The summed E-state index contributed by atoms with van der Waals surface area (Å²) in [6.07, 6.45) is 4.31. The standard InChI is InChI=1S/C18H36N4O5/c1-15-16(22-18(24)21-15)5-3-2-4-6-17(23)20-8-10-26-12-14-27-13-11-25-9-7-19/h15-16H,2-14,19H2,1H3,(H,20,23)(H2,21,22,24)/t15-,16+/m1/s1. The average Bonchev–Trinajstić information content (AvgIpc) is 2.96. The Balaban J connectivity index is 1.80. The van der Waals surface area contributed by atoms with Crippen molar-refractivity contribution < 1.29 is 23.8 Å². The second kappa shape index (κ2) is 15.6. The second-order valence-corrected chi connectivity index (χ2v) is 6.59. The molecule has 158 valence electrons. The third-order valence-electron chi connectivity index (χ3n) is 4.27. The molecule has 9 heteroatoms. The van der Waals surface area contributed by atoms with Gasteiger partial charge in [0.25, 0.3) is 0 Å². The fraction of sp³-hybridized carbons (Fsp3) is 0.889. The zero-order valence-electron chi connectivity index (χ0n) is 16.5. The Morgan fingerprint density at radius 3 is 2.30 bits per heavy atom. The number of amides is 3. The smallest absolute Gasteiger partial charge is 0.315 e.